The van der Waals surface area contributed by atoms with Gasteiger partial charge in [-0.05, 0) is 47.8 Å². The number of aliphatic hydroxyl groups excluding tert-OH is 1. The molecular weight excluding hydrogens is 234 g/mol. The molecule has 19 heavy (non-hydrogen) atoms. The van der Waals surface area contributed by atoms with Crippen molar-refractivity contribution < 1.29 is 5.11 Å². The topological polar surface area (TPSA) is 32.3 Å². The molecule has 0 aromatic rings. The summed E-state index contributed by atoms with van der Waals surface area (Å²) in [5.41, 5.74) is 1.04. The molecule has 0 aliphatic heterocycles. The summed E-state index contributed by atoms with van der Waals surface area (Å²) < 4.78 is 0. The molecule has 2 bridgehead atoms. The van der Waals surface area contributed by atoms with Crippen molar-refractivity contribution in [3.8, 4) is 0 Å². The van der Waals surface area contributed by atoms with Crippen LogP contribution in [-0.4, -0.2) is 23.8 Å². The summed E-state index contributed by atoms with van der Waals surface area (Å²) >= 11 is 0. The SMILES string of the molecule is CC(C)(C)CC(O)CNC1C(C)(C)[C@H]2CC[C@]1(C)C2. The number of aliphatic hydroxyl groups is 1. The van der Waals surface area contributed by atoms with Gasteiger partial charge in [-0.1, -0.05) is 41.5 Å². The summed E-state index contributed by atoms with van der Waals surface area (Å²) in [6.07, 6.45) is 4.76. The molecule has 0 amide bonds. The van der Waals surface area contributed by atoms with Gasteiger partial charge < -0.3 is 10.4 Å². The Kier molecular flexibility index (Phi) is 3.81. The largest absolute Gasteiger partial charge is 0.392 e. The average molecular weight is 267 g/mol. The van der Waals surface area contributed by atoms with Gasteiger partial charge in [0.25, 0.3) is 0 Å². The van der Waals surface area contributed by atoms with Crippen LogP contribution < -0.4 is 5.32 Å². The Labute approximate surface area is 119 Å². The molecule has 2 fully saturated rings. The number of rotatable bonds is 4. The minimum atomic E-state index is -0.224. The third-order valence-corrected chi connectivity index (χ3v) is 5.68. The van der Waals surface area contributed by atoms with E-state index in [1.54, 1.807) is 0 Å². The van der Waals surface area contributed by atoms with Crippen LogP contribution in [0.3, 0.4) is 0 Å². The van der Waals surface area contributed by atoms with Gasteiger partial charge in [-0.2, -0.15) is 0 Å². The molecule has 2 aliphatic rings. The van der Waals surface area contributed by atoms with Crippen molar-refractivity contribution in [3.63, 3.8) is 0 Å². The van der Waals surface area contributed by atoms with Gasteiger partial charge in [0.15, 0.2) is 0 Å². The molecule has 0 radical (unpaired) electrons. The highest BCUT2D eigenvalue weighted by molar-refractivity contribution is 5.12. The van der Waals surface area contributed by atoms with E-state index in [-0.39, 0.29) is 11.5 Å². The van der Waals surface area contributed by atoms with E-state index in [4.69, 9.17) is 0 Å². The van der Waals surface area contributed by atoms with Crippen molar-refractivity contribution in [2.45, 2.75) is 79.4 Å². The van der Waals surface area contributed by atoms with E-state index in [0.29, 0.717) is 16.9 Å². The third kappa shape index (κ3) is 3.00. The molecule has 2 N–H and O–H groups in total. The zero-order valence-corrected chi connectivity index (χ0v) is 13.7. The Morgan fingerprint density at radius 2 is 1.89 bits per heavy atom. The smallest absolute Gasteiger partial charge is 0.0669 e. The molecule has 2 aliphatic carbocycles. The second kappa shape index (κ2) is 4.73. The van der Waals surface area contributed by atoms with E-state index in [9.17, 15) is 5.11 Å². The molecule has 2 unspecified atom stereocenters. The van der Waals surface area contributed by atoms with Gasteiger partial charge in [-0.25, -0.2) is 0 Å². The Bertz CT molecular complexity index is 326. The highest BCUT2D eigenvalue weighted by Crippen LogP contribution is 2.62. The van der Waals surface area contributed by atoms with E-state index in [1.807, 2.05) is 0 Å². The van der Waals surface area contributed by atoms with Gasteiger partial charge >= 0.3 is 0 Å². The lowest BCUT2D eigenvalue weighted by Crippen LogP contribution is -2.52. The van der Waals surface area contributed by atoms with Crippen LogP contribution in [0.2, 0.25) is 0 Å². The minimum absolute atomic E-state index is 0.204. The van der Waals surface area contributed by atoms with Crippen molar-refractivity contribution in [1.29, 1.82) is 0 Å². The fraction of sp³-hybridized carbons (Fsp3) is 1.00. The van der Waals surface area contributed by atoms with E-state index < -0.39 is 0 Å². The molecule has 0 aromatic heterocycles. The van der Waals surface area contributed by atoms with Crippen LogP contribution in [0.5, 0.6) is 0 Å². The molecule has 4 atom stereocenters. The first-order chi connectivity index (χ1) is 8.55. The van der Waals surface area contributed by atoms with Crippen LogP contribution in [0, 0.1) is 22.2 Å². The van der Waals surface area contributed by atoms with Crippen molar-refractivity contribution in [1.82, 2.24) is 5.32 Å². The van der Waals surface area contributed by atoms with E-state index in [1.165, 1.54) is 19.3 Å². The molecule has 0 saturated heterocycles. The quantitative estimate of drug-likeness (QED) is 0.816. The predicted molar refractivity (Wildman–Crippen MR) is 81.1 cm³/mol. The molecular formula is C17H33NO. The molecule has 2 nitrogen and oxygen atoms in total. The molecule has 2 heteroatoms. The lowest BCUT2D eigenvalue weighted by Gasteiger charge is -2.43. The first-order valence-electron chi connectivity index (χ1n) is 7.96. The predicted octanol–water partition coefficient (Wildman–Crippen LogP) is 3.59. The van der Waals surface area contributed by atoms with Gasteiger partial charge in [0, 0.05) is 12.6 Å². The summed E-state index contributed by atoms with van der Waals surface area (Å²) in [4.78, 5) is 0. The zero-order chi connectivity index (χ0) is 14.5. The Hall–Kier alpha value is -0.0800. The minimum Gasteiger partial charge on any atom is -0.392 e. The lowest BCUT2D eigenvalue weighted by molar-refractivity contribution is 0.0736. The summed E-state index contributed by atoms with van der Waals surface area (Å²) in [7, 11) is 0. The fourth-order valence-electron chi connectivity index (χ4n) is 4.84. The standard InChI is InChI=1S/C17H33NO/c1-15(2,3)10-13(19)11-18-14-16(4,5)12-7-8-17(14,6)9-12/h12-14,18-19H,7-11H2,1-6H3/t12-,13?,14?,17+/m0/s1. The van der Waals surface area contributed by atoms with Gasteiger partial charge in [-0.15, -0.1) is 0 Å². The summed E-state index contributed by atoms with van der Waals surface area (Å²) in [5, 5.41) is 13.9. The second-order valence-electron chi connectivity index (χ2n) is 9.17. The van der Waals surface area contributed by atoms with Crippen LogP contribution in [0.15, 0.2) is 0 Å². The summed E-state index contributed by atoms with van der Waals surface area (Å²) in [6, 6.07) is 0.563. The van der Waals surface area contributed by atoms with Crippen LogP contribution in [0.25, 0.3) is 0 Å². The molecule has 112 valence electrons. The van der Waals surface area contributed by atoms with Crippen LogP contribution >= 0.6 is 0 Å². The molecule has 2 rings (SSSR count). The molecule has 2 saturated carbocycles. The Morgan fingerprint density at radius 1 is 1.26 bits per heavy atom. The maximum atomic E-state index is 10.2. The number of hydrogen-bond donors (Lipinski definition) is 2. The van der Waals surface area contributed by atoms with Crippen molar-refractivity contribution in [2.75, 3.05) is 6.54 Å². The number of fused-ring (bicyclic) bond motifs is 2. The molecule has 0 spiro atoms. The normalized spacial score (nSPS) is 38.7. The highest BCUT2D eigenvalue weighted by Gasteiger charge is 2.58. The van der Waals surface area contributed by atoms with Gasteiger partial charge in [0.1, 0.15) is 0 Å². The first-order valence-corrected chi connectivity index (χ1v) is 7.96. The Balaban J connectivity index is 1.92. The van der Waals surface area contributed by atoms with E-state index in [0.717, 1.165) is 18.9 Å². The van der Waals surface area contributed by atoms with E-state index in [2.05, 4.69) is 46.9 Å². The Morgan fingerprint density at radius 3 is 2.37 bits per heavy atom. The second-order valence-corrected chi connectivity index (χ2v) is 9.17. The van der Waals surface area contributed by atoms with Crippen molar-refractivity contribution in [3.05, 3.63) is 0 Å². The third-order valence-electron chi connectivity index (χ3n) is 5.68. The maximum absolute atomic E-state index is 10.2. The molecule has 0 aromatic carbocycles. The summed E-state index contributed by atoms with van der Waals surface area (Å²) in [5.74, 6) is 0.870. The average Bonchev–Trinajstić information content (AvgIpc) is 2.65. The number of hydrogen-bond acceptors (Lipinski definition) is 2. The first kappa shape index (κ1) is 15.3. The lowest BCUT2D eigenvalue weighted by atomic mass is 9.68. The van der Waals surface area contributed by atoms with E-state index >= 15 is 0 Å². The van der Waals surface area contributed by atoms with Crippen molar-refractivity contribution >= 4 is 0 Å². The summed E-state index contributed by atoms with van der Waals surface area (Å²) in [6.45, 7) is 14.6. The maximum Gasteiger partial charge on any atom is 0.0669 e. The van der Waals surface area contributed by atoms with Crippen LogP contribution in [-0.2, 0) is 0 Å². The van der Waals surface area contributed by atoms with Crippen LogP contribution in [0.1, 0.15) is 67.2 Å². The van der Waals surface area contributed by atoms with Crippen LogP contribution in [0.4, 0.5) is 0 Å². The number of nitrogens with one attached hydrogen (secondary N) is 1. The van der Waals surface area contributed by atoms with Gasteiger partial charge in [0.05, 0.1) is 6.10 Å². The fourth-order valence-corrected chi connectivity index (χ4v) is 4.84. The monoisotopic (exact) mass is 267 g/mol. The highest BCUT2D eigenvalue weighted by atomic mass is 16.3. The van der Waals surface area contributed by atoms with Gasteiger partial charge in [0.2, 0.25) is 0 Å². The van der Waals surface area contributed by atoms with Crippen molar-refractivity contribution in [2.24, 2.45) is 22.2 Å². The zero-order valence-electron chi connectivity index (χ0n) is 13.7. The van der Waals surface area contributed by atoms with Gasteiger partial charge in [-0.3, -0.25) is 0 Å². The molecule has 0 heterocycles.